The number of rotatable bonds is 8. The molecule has 1 unspecified atom stereocenters. The van der Waals surface area contributed by atoms with E-state index in [9.17, 15) is 18.0 Å². The Morgan fingerprint density at radius 3 is 2.41 bits per heavy atom. The van der Waals surface area contributed by atoms with Gasteiger partial charge in [0.2, 0.25) is 0 Å². The lowest BCUT2D eigenvalue weighted by Crippen LogP contribution is -2.45. The number of sulfone groups is 1. The number of amides is 1. The van der Waals surface area contributed by atoms with Crippen LogP contribution in [0.15, 0.2) is 24.3 Å². The smallest absolute Gasteiger partial charge is 0.310 e. The Morgan fingerprint density at radius 2 is 1.89 bits per heavy atom. The molecular weight excluding hydrogens is 370 g/mol. The maximum absolute atomic E-state index is 12.6. The number of nitrogens with zero attached hydrogens (tertiary/aromatic N) is 1. The van der Waals surface area contributed by atoms with Gasteiger partial charge in [-0.05, 0) is 30.0 Å². The van der Waals surface area contributed by atoms with E-state index in [-0.39, 0.29) is 42.4 Å². The lowest BCUT2D eigenvalue weighted by molar-refractivity contribution is -0.152. The molecule has 0 N–H and O–H groups in total. The predicted octanol–water partition coefficient (Wildman–Crippen LogP) is 1.45. The molecule has 1 amide bonds. The Labute approximate surface area is 160 Å². The molecule has 0 bridgehead atoms. The van der Waals surface area contributed by atoms with Crippen molar-refractivity contribution in [3.63, 3.8) is 0 Å². The first-order valence-corrected chi connectivity index (χ1v) is 10.8. The minimum atomic E-state index is -3.10. The van der Waals surface area contributed by atoms with Crippen molar-refractivity contribution in [3.8, 4) is 5.75 Å². The molecule has 8 heteroatoms. The molecule has 0 aromatic heterocycles. The molecular formula is C19H27NO6S. The highest BCUT2D eigenvalue weighted by Gasteiger charge is 2.35. The largest absolute Gasteiger partial charge is 0.497 e. The van der Waals surface area contributed by atoms with Crippen LogP contribution in [-0.4, -0.2) is 63.0 Å². The number of carbonyl (C=O) groups excluding carboxylic acids is 2. The van der Waals surface area contributed by atoms with Gasteiger partial charge in [0, 0.05) is 12.6 Å². The summed E-state index contributed by atoms with van der Waals surface area (Å²) in [7, 11) is -1.54. The molecule has 1 aromatic rings. The van der Waals surface area contributed by atoms with Gasteiger partial charge < -0.3 is 14.4 Å². The van der Waals surface area contributed by atoms with Gasteiger partial charge in [0.25, 0.3) is 5.91 Å². The Hall–Kier alpha value is -2.09. The molecule has 1 fully saturated rings. The Bertz CT molecular complexity index is 757. The number of hydrogen-bond donors (Lipinski definition) is 0. The summed E-state index contributed by atoms with van der Waals surface area (Å²) < 4.78 is 33.7. The van der Waals surface area contributed by atoms with Gasteiger partial charge in [-0.3, -0.25) is 9.59 Å². The summed E-state index contributed by atoms with van der Waals surface area (Å²) in [5.41, 5.74) is 0.758. The highest BCUT2D eigenvalue weighted by atomic mass is 32.2. The fourth-order valence-electron chi connectivity index (χ4n) is 3.06. The summed E-state index contributed by atoms with van der Waals surface area (Å²) >= 11 is 0. The third-order valence-corrected chi connectivity index (χ3v) is 6.15. The number of esters is 1. The van der Waals surface area contributed by atoms with E-state index in [1.807, 2.05) is 13.8 Å². The Balaban J connectivity index is 1.90. The number of methoxy groups -OCH3 is 1. The molecule has 1 aliphatic heterocycles. The summed E-state index contributed by atoms with van der Waals surface area (Å²) in [5, 5.41) is 0. The van der Waals surface area contributed by atoms with Crippen molar-refractivity contribution in [2.45, 2.75) is 32.7 Å². The summed E-state index contributed by atoms with van der Waals surface area (Å²) in [6, 6.07) is 6.68. The molecule has 1 aromatic carbocycles. The van der Waals surface area contributed by atoms with E-state index < -0.39 is 15.8 Å². The van der Waals surface area contributed by atoms with Crippen LogP contribution < -0.4 is 4.74 Å². The van der Waals surface area contributed by atoms with Crippen LogP contribution >= 0.6 is 0 Å². The van der Waals surface area contributed by atoms with Gasteiger partial charge in [-0.1, -0.05) is 26.0 Å². The molecule has 1 atom stereocenters. The van der Waals surface area contributed by atoms with Crippen LogP contribution in [-0.2, 0) is 30.6 Å². The standard InChI is InChI=1S/C19H27NO6S/c1-14(2)11-20(16-8-9-27(23,24)13-16)18(21)12-26-19(22)10-15-4-6-17(25-3)7-5-15/h4-7,14,16H,8-13H2,1-3H3. The van der Waals surface area contributed by atoms with Crippen molar-refractivity contribution < 1.29 is 27.5 Å². The maximum atomic E-state index is 12.6. The first-order chi connectivity index (χ1) is 12.7. The third-order valence-electron chi connectivity index (χ3n) is 4.40. The first-order valence-electron chi connectivity index (χ1n) is 8.98. The zero-order valence-corrected chi connectivity index (χ0v) is 16.8. The highest BCUT2D eigenvalue weighted by molar-refractivity contribution is 7.91. The number of benzene rings is 1. The van der Waals surface area contributed by atoms with Crippen molar-refractivity contribution in [1.29, 1.82) is 0 Å². The van der Waals surface area contributed by atoms with E-state index in [0.29, 0.717) is 18.7 Å². The van der Waals surface area contributed by atoms with Gasteiger partial charge in [-0.15, -0.1) is 0 Å². The van der Waals surface area contributed by atoms with Gasteiger partial charge in [-0.2, -0.15) is 0 Å². The molecule has 0 saturated carbocycles. The second-order valence-corrected chi connectivity index (χ2v) is 9.41. The van der Waals surface area contributed by atoms with Crippen molar-refractivity contribution in [2.75, 3.05) is 31.8 Å². The van der Waals surface area contributed by atoms with E-state index >= 15 is 0 Å². The van der Waals surface area contributed by atoms with Gasteiger partial charge in [0.05, 0.1) is 25.0 Å². The zero-order valence-electron chi connectivity index (χ0n) is 16.0. The van der Waals surface area contributed by atoms with Crippen molar-refractivity contribution >= 4 is 21.7 Å². The molecule has 1 heterocycles. The van der Waals surface area contributed by atoms with Crippen molar-refractivity contribution in [3.05, 3.63) is 29.8 Å². The number of ether oxygens (including phenoxy) is 2. The van der Waals surface area contributed by atoms with Gasteiger partial charge in [-0.25, -0.2) is 8.42 Å². The number of carbonyl (C=O) groups is 2. The second kappa shape index (κ2) is 9.21. The van der Waals surface area contributed by atoms with Crippen LogP contribution in [0.5, 0.6) is 5.75 Å². The van der Waals surface area contributed by atoms with Crippen molar-refractivity contribution in [1.82, 2.24) is 4.90 Å². The van der Waals surface area contributed by atoms with Crippen molar-refractivity contribution in [2.24, 2.45) is 5.92 Å². The average Bonchev–Trinajstić information content (AvgIpc) is 2.97. The molecule has 0 aliphatic carbocycles. The van der Waals surface area contributed by atoms with E-state index in [1.54, 1.807) is 36.3 Å². The molecule has 7 nitrogen and oxygen atoms in total. The third kappa shape index (κ3) is 6.53. The second-order valence-electron chi connectivity index (χ2n) is 7.18. The maximum Gasteiger partial charge on any atom is 0.310 e. The van der Waals surface area contributed by atoms with E-state index in [1.165, 1.54) is 0 Å². The van der Waals surface area contributed by atoms with Crippen LogP contribution in [0.25, 0.3) is 0 Å². The topological polar surface area (TPSA) is 90.0 Å². The van der Waals surface area contributed by atoms with Crippen LogP contribution in [0, 0.1) is 5.92 Å². The average molecular weight is 397 g/mol. The van der Waals surface area contributed by atoms with Crippen LogP contribution in [0.1, 0.15) is 25.8 Å². The predicted molar refractivity (Wildman–Crippen MR) is 101 cm³/mol. The molecule has 27 heavy (non-hydrogen) atoms. The van der Waals surface area contributed by atoms with Gasteiger partial charge in [0.15, 0.2) is 16.4 Å². The van der Waals surface area contributed by atoms with E-state index in [0.717, 1.165) is 5.56 Å². The summed E-state index contributed by atoms with van der Waals surface area (Å²) in [4.78, 5) is 26.1. The molecule has 150 valence electrons. The molecule has 2 rings (SSSR count). The van der Waals surface area contributed by atoms with Crippen LogP contribution in [0.2, 0.25) is 0 Å². The summed E-state index contributed by atoms with van der Waals surface area (Å²) in [6.45, 7) is 3.98. The summed E-state index contributed by atoms with van der Waals surface area (Å²) in [5.74, 6) is 0.0959. The minimum absolute atomic E-state index is 0.0226. The first kappa shape index (κ1) is 21.2. The lowest BCUT2D eigenvalue weighted by Gasteiger charge is -2.29. The SMILES string of the molecule is COc1ccc(CC(=O)OCC(=O)N(CC(C)C)C2CCS(=O)(=O)C2)cc1. The van der Waals surface area contributed by atoms with Crippen LogP contribution in [0.4, 0.5) is 0 Å². The number of hydrogen-bond acceptors (Lipinski definition) is 6. The van der Waals surface area contributed by atoms with Gasteiger partial charge >= 0.3 is 5.97 Å². The molecule has 1 aliphatic rings. The Morgan fingerprint density at radius 1 is 1.22 bits per heavy atom. The zero-order chi connectivity index (χ0) is 20.0. The fraction of sp³-hybridized carbons (Fsp3) is 0.579. The minimum Gasteiger partial charge on any atom is -0.497 e. The van der Waals surface area contributed by atoms with Gasteiger partial charge in [0.1, 0.15) is 5.75 Å². The Kier molecular flexibility index (Phi) is 7.24. The normalized spacial score (nSPS) is 18.3. The van der Waals surface area contributed by atoms with Crippen LogP contribution in [0.3, 0.4) is 0 Å². The van der Waals surface area contributed by atoms with E-state index in [4.69, 9.17) is 9.47 Å². The molecule has 1 saturated heterocycles. The molecule has 0 radical (unpaired) electrons. The van der Waals surface area contributed by atoms with E-state index in [2.05, 4.69) is 0 Å². The quantitative estimate of drug-likeness (QED) is 0.617. The molecule has 0 spiro atoms. The summed E-state index contributed by atoms with van der Waals surface area (Å²) in [6.07, 6.45) is 0.486. The highest BCUT2D eigenvalue weighted by Crippen LogP contribution is 2.19. The fourth-order valence-corrected chi connectivity index (χ4v) is 4.79. The monoisotopic (exact) mass is 397 g/mol. The lowest BCUT2D eigenvalue weighted by atomic mass is 10.1.